The van der Waals surface area contributed by atoms with E-state index in [4.69, 9.17) is 4.42 Å². The first-order valence-electron chi connectivity index (χ1n) is 9.56. The molecule has 2 N–H and O–H groups in total. The molecule has 6 nitrogen and oxygen atoms in total. The first-order chi connectivity index (χ1) is 13.7. The van der Waals surface area contributed by atoms with Crippen LogP contribution in [-0.4, -0.2) is 42.9 Å². The molecule has 0 atom stereocenters. The fraction of sp³-hybridized carbons (Fsp3) is 0.273. The van der Waals surface area contributed by atoms with E-state index in [1.807, 2.05) is 53.4 Å². The first kappa shape index (κ1) is 20.9. The number of amides is 2. The van der Waals surface area contributed by atoms with Crippen LogP contribution in [-0.2, 0) is 11.2 Å². The number of anilines is 1. The number of para-hydroxylation sites is 1. The van der Waals surface area contributed by atoms with E-state index in [1.54, 1.807) is 6.07 Å². The lowest BCUT2D eigenvalue weighted by Gasteiger charge is -2.20. The van der Waals surface area contributed by atoms with Crippen LogP contribution in [0.2, 0.25) is 0 Å². The highest BCUT2D eigenvalue weighted by atomic mass is 35.5. The number of nitrogens with zero attached hydrogens (tertiary/aromatic N) is 1. The van der Waals surface area contributed by atoms with Gasteiger partial charge in [-0.25, -0.2) is 0 Å². The van der Waals surface area contributed by atoms with Crippen LogP contribution in [0, 0.1) is 0 Å². The summed E-state index contributed by atoms with van der Waals surface area (Å²) in [5.74, 6) is 0.120. The maximum Gasteiger partial charge on any atom is 0.291 e. The first-order valence-corrected chi connectivity index (χ1v) is 9.56. The van der Waals surface area contributed by atoms with Gasteiger partial charge in [0, 0.05) is 30.7 Å². The van der Waals surface area contributed by atoms with Crippen molar-refractivity contribution >= 4 is 40.9 Å². The van der Waals surface area contributed by atoms with E-state index in [0.717, 1.165) is 43.5 Å². The monoisotopic (exact) mass is 413 g/mol. The lowest BCUT2D eigenvalue weighted by molar-refractivity contribution is -0.130. The minimum absolute atomic E-state index is 0. The van der Waals surface area contributed by atoms with Crippen molar-refractivity contribution in [1.82, 2.24) is 10.2 Å². The zero-order valence-corrected chi connectivity index (χ0v) is 16.8. The van der Waals surface area contributed by atoms with Gasteiger partial charge in [0.1, 0.15) is 5.58 Å². The number of carbonyl (C=O) groups is 2. The average molecular weight is 414 g/mol. The number of hydrogen-bond donors (Lipinski definition) is 2. The molecule has 0 saturated carbocycles. The van der Waals surface area contributed by atoms with Crippen molar-refractivity contribution in [2.75, 3.05) is 31.5 Å². The fourth-order valence-electron chi connectivity index (χ4n) is 3.37. The minimum atomic E-state index is -0.294. The van der Waals surface area contributed by atoms with Crippen molar-refractivity contribution in [3.8, 4) is 0 Å². The molecule has 152 valence electrons. The van der Waals surface area contributed by atoms with Crippen molar-refractivity contribution in [1.29, 1.82) is 0 Å². The maximum absolute atomic E-state index is 12.5. The van der Waals surface area contributed by atoms with E-state index in [9.17, 15) is 9.59 Å². The van der Waals surface area contributed by atoms with Crippen molar-refractivity contribution in [2.45, 2.75) is 12.8 Å². The highest BCUT2D eigenvalue weighted by molar-refractivity contribution is 6.04. The zero-order chi connectivity index (χ0) is 19.3. The average Bonchev–Trinajstić information content (AvgIpc) is 2.96. The fourth-order valence-corrected chi connectivity index (χ4v) is 3.37. The molecule has 2 heterocycles. The maximum atomic E-state index is 12.5. The summed E-state index contributed by atoms with van der Waals surface area (Å²) in [6.45, 7) is 3.36. The van der Waals surface area contributed by atoms with Crippen LogP contribution < -0.4 is 10.6 Å². The van der Waals surface area contributed by atoms with E-state index < -0.39 is 0 Å². The number of nitrogens with one attached hydrogen (secondary N) is 2. The summed E-state index contributed by atoms with van der Waals surface area (Å²) < 4.78 is 5.59. The lowest BCUT2D eigenvalue weighted by atomic mass is 10.1. The Hall–Kier alpha value is -2.83. The van der Waals surface area contributed by atoms with E-state index in [0.29, 0.717) is 17.7 Å². The number of fused-ring (bicyclic) bond motifs is 1. The summed E-state index contributed by atoms with van der Waals surface area (Å²) >= 11 is 0. The van der Waals surface area contributed by atoms with E-state index in [1.165, 1.54) is 0 Å². The van der Waals surface area contributed by atoms with Crippen LogP contribution in [0.15, 0.2) is 59.0 Å². The molecule has 2 aromatic carbocycles. The molecule has 1 saturated heterocycles. The predicted octanol–water partition coefficient (Wildman–Crippen LogP) is 3.47. The lowest BCUT2D eigenvalue weighted by Crippen LogP contribution is -2.35. The van der Waals surface area contributed by atoms with Crippen LogP contribution in [0.1, 0.15) is 22.5 Å². The van der Waals surface area contributed by atoms with E-state index in [-0.39, 0.29) is 30.0 Å². The Morgan fingerprint density at radius 1 is 1.03 bits per heavy atom. The van der Waals surface area contributed by atoms with Gasteiger partial charge in [-0.15, -0.1) is 12.4 Å². The van der Waals surface area contributed by atoms with E-state index >= 15 is 0 Å². The second-order valence-corrected chi connectivity index (χ2v) is 6.96. The SMILES string of the molecule is Cl.O=C(Nc1ccc(CC(=O)N2CCCNCC2)cc1)c1cc2ccccc2o1. The molecular formula is C22H24ClN3O3. The smallest absolute Gasteiger partial charge is 0.291 e. The van der Waals surface area contributed by atoms with Gasteiger partial charge in [0.25, 0.3) is 5.91 Å². The zero-order valence-electron chi connectivity index (χ0n) is 16.0. The van der Waals surface area contributed by atoms with Crippen molar-refractivity contribution in [2.24, 2.45) is 0 Å². The second kappa shape index (κ2) is 9.58. The molecule has 29 heavy (non-hydrogen) atoms. The molecule has 4 rings (SSSR count). The summed E-state index contributed by atoms with van der Waals surface area (Å²) in [5.41, 5.74) is 2.29. The summed E-state index contributed by atoms with van der Waals surface area (Å²) in [7, 11) is 0. The summed E-state index contributed by atoms with van der Waals surface area (Å²) in [6, 6.07) is 16.6. The molecule has 0 aliphatic carbocycles. The molecule has 1 aliphatic rings. The second-order valence-electron chi connectivity index (χ2n) is 6.96. The van der Waals surface area contributed by atoms with Crippen molar-refractivity contribution < 1.29 is 14.0 Å². The van der Waals surface area contributed by atoms with Crippen LogP contribution in [0.4, 0.5) is 5.69 Å². The van der Waals surface area contributed by atoms with Gasteiger partial charge >= 0.3 is 0 Å². The van der Waals surface area contributed by atoms with Gasteiger partial charge in [-0.3, -0.25) is 9.59 Å². The third kappa shape index (κ3) is 5.16. The number of rotatable bonds is 4. The van der Waals surface area contributed by atoms with Crippen molar-refractivity contribution in [3.05, 3.63) is 65.9 Å². The molecule has 3 aromatic rings. The molecule has 0 radical (unpaired) electrons. The third-order valence-corrected chi connectivity index (χ3v) is 4.91. The van der Waals surface area contributed by atoms with E-state index in [2.05, 4.69) is 10.6 Å². The van der Waals surface area contributed by atoms with Crippen molar-refractivity contribution in [3.63, 3.8) is 0 Å². The molecule has 0 unspecified atom stereocenters. The Balaban J connectivity index is 0.00000240. The number of hydrogen-bond acceptors (Lipinski definition) is 4. The van der Waals surface area contributed by atoms with Crippen LogP contribution >= 0.6 is 12.4 Å². The number of benzene rings is 2. The Labute approximate surface area is 175 Å². The third-order valence-electron chi connectivity index (χ3n) is 4.91. The molecule has 0 bridgehead atoms. The Kier molecular flexibility index (Phi) is 6.90. The Morgan fingerprint density at radius 2 is 1.83 bits per heavy atom. The van der Waals surface area contributed by atoms with Gasteiger partial charge in [-0.1, -0.05) is 30.3 Å². The summed E-state index contributed by atoms with van der Waals surface area (Å²) in [5, 5.41) is 7.03. The van der Waals surface area contributed by atoms with Gasteiger partial charge in [-0.05, 0) is 42.8 Å². The summed E-state index contributed by atoms with van der Waals surface area (Å²) in [4.78, 5) is 26.8. The molecule has 0 spiro atoms. The van der Waals surface area contributed by atoms with Crippen LogP contribution in [0.3, 0.4) is 0 Å². The van der Waals surface area contributed by atoms with Gasteiger partial charge in [0.15, 0.2) is 5.76 Å². The highest BCUT2D eigenvalue weighted by Crippen LogP contribution is 2.20. The minimum Gasteiger partial charge on any atom is -0.451 e. The predicted molar refractivity (Wildman–Crippen MR) is 116 cm³/mol. The topological polar surface area (TPSA) is 74.6 Å². The number of carbonyl (C=O) groups excluding carboxylic acids is 2. The molecule has 1 aliphatic heterocycles. The number of halogens is 1. The molecule has 2 amide bonds. The molecular weight excluding hydrogens is 390 g/mol. The number of furan rings is 1. The van der Waals surface area contributed by atoms with Gasteiger partial charge in [-0.2, -0.15) is 0 Å². The highest BCUT2D eigenvalue weighted by Gasteiger charge is 2.16. The Bertz CT molecular complexity index is 943. The largest absolute Gasteiger partial charge is 0.451 e. The van der Waals surface area contributed by atoms with Gasteiger partial charge < -0.3 is 20.0 Å². The molecule has 1 fully saturated rings. The summed E-state index contributed by atoms with van der Waals surface area (Å²) in [6.07, 6.45) is 1.36. The quantitative estimate of drug-likeness (QED) is 0.686. The Morgan fingerprint density at radius 3 is 2.62 bits per heavy atom. The standard InChI is InChI=1S/C22H23N3O3.ClH/c26-21(25-12-3-10-23-11-13-25)14-16-6-8-18(9-7-16)24-22(27)20-15-17-4-1-2-5-19(17)28-20;/h1-2,4-9,15,23H,3,10-14H2,(H,24,27);1H. The van der Waals surface area contributed by atoms with Gasteiger partial charge in [0.05, 0.1) is 6.42 Å². The molecule has 1 aromatic heterocycles. The normalized spacial score (nSPS) is 14.1. The molecule has 7 heteroatoms. The van der Waals surface area contributed by atoms with Gasteiger partial charge in [0.2, 0.25) is 5.91 Å². The van der Waals surface area contributed by atoms with Crippen LogP contribution in [0.25, 0.3) is 11.0 Å². The van der Waals surface area contributed by atoms with Crippen LogP contribution in [0.5, 0.6) is 0 Å².